The van der Waals surface area contributed by atoms with Crippen LogP contribution >= 0.6 is 11.6 Å². The van der Waals surface area contributed by atoms with Crippen molar-refractivity contribution in [1.29, 1.82) is 0 Å². The maximum Gasteiger partial charge on any atom is 0.0406 e. The van der Waals surface area contributed by atoms with Crippen LogP contribution in [0, 0.1) is 0 Å². The van der Waals surface area contributed by atoms with Gasteiger partial charge in [-0.15, -0.1) is 0 Å². The quantitative estimate of drug-likeness (QED) is 0.235. The molecule has 0 heterocycles. The fraction of sp³-hybridized carbons (Fsp3) is 0.0286. The molecule has 0 nitrogen and oxygen atoms in total. The SMILES string of the molecule is Clc1ccc(C2C(c3ccccc3)=C(c3ccccc3)C(c3ccccc3)=C2c2ccccc2)cc1. The zero-order valence-corrected chi connectivity index (χ0v) is 20.6. The highest BCUT2D eigenvalue weighted by molar-refractivity contribution is 6.31. The minimum absolute atomic E-state index is 0.0532. The first kappa shape index (κ1) is 22.3. The second kappa shape index (κ2) is 9.85. The average Bonchev–Trinajstić information content (AvgIpc) is 3.31. The summed E-state index contributed by atoms with van der Waals surface area (Å²) in [6.07, 6.45) is 0. The van der Waals surface area contributed by atoms with Crippen LogP contribution in [0.1, 0.15) is 33.7 Å². The Morgan fingerprint density at radius 2 is 0.694 bits per heavy atom. The summed E-state index contributed by atoms with van der Waals surface area (Å²) < 4.78 is 0. The number of halogens is 1. The average molecular weight is 481 g/mol. The van der Waals surface area contributed by atoms with E-state index in [1.807, 2.05) is 12.1 Å². The Labute approximate surface area is 217 Å². The van der Waals surface area contributed by atoms with Crippen LogP contribution in [0.3, 0.4) is 0 Å². The highest BCUT2D eigenvalue weighted by Gasteiger charge is 2.37. The van der Waals surface area contributed by atoms with Crippen LogP contribution in [0.5, 0.6) is 0 Å². The Morgan fingerprint density at radius 1 is 0.361 bits per heavy atom. The van der Waals surface area contributed by atoms with Crippen molar-refractivity contribution in [1.82, 2.24) is 0 Å². The zero-order chi connectivity index (χ0) is 24.3. The molecule has 0 saturated heterocycles. The Morgan fingerprint density at radius 3 is 1.06 bits per heavy atom. The van der Waals surface area contributed by atoms with E-state index < -0.39 is 0 Å². The fourth-order valence-electron chi connectivity index (χ4n) is 5.36. The molecule has 1 aliphatic carbocycles. The molecule has 0 bridgehead atoms. The van der Waals surface area contributed by atoms with Gasteiger partial charge in [-0.05, 0) is 62.2 Å². The van der Waals surface area contributed by atoms with Crippen molar-refractivity contribution in [3.8, 4) is 0 Å². The van der Waals surface area contributed by atoms with Crippen molar-refractivity contribution in [2.24, 2.45) is 0 Å². The number of allylic oxidation sites excluding steroid dienone is 4. The highest BCUT2D eigenvalue weighted by atomic mass is 35.5. The minimum Gasteiger partial charge on any atom is -0.0843 e. The van der Waals surface area contributed by atoms with E-state index >= 15 is 0 Å². The van der Waals surface area contributed by atoms with Crippen molar-refractivity contribution < 1.29 is 0 Å². The molecule has 36 heavy (non-hydrogen) atoms. The Balaban J connectivity index is 1.77. The van der Waals surface area contributed by atoms with Gasteiger partial charge in [-0.3, -0.25) is 0 Å². The molecule has 5 aromatic rings. The topological polar surface area (TPSA) is 0 Å². The van der Waals surface area contributed by atoms with Gasteiger partial charge >= 0.3 is 0 Å². The van der Waals surface area contributed by atoms with Crippen molar-refractivity contribution >= 4 is 33.9 Å². The van der Waals surface area contributed by atoms with Crippen LogP contribution < -0.4 is 0 Å². The van der Waals surface area contributed by atoms with Crippen molar-refractivity contribution in [2.75, 3.05) is 0 Å². The second-order valence-electron chi connectivity index (χ2n) is 9.03. The first-order valence-electron chi connectivity index (χ1n) is 12.3. The second-order valence-corrected chi connectivity index (χ2v) is 9.46. The molecule has 0 N–H and O–H groups in total. The lowest BCUT2D eigenvalue weighted by Crippen LogP contribution is -2.03. The molecule has 0 radical (unpaired) electrons. The predicted molar refractivity (Wildman–Crippen MR) is 154 cm³/mol. The van der Waals surface area contributed by atoms with E-state index in [9.17, 15) is 0 Å². The third-order valence-corrected chi connectivity index (χ3v) is 7.12. The van der Waals surface area contributed by atoms with Crippen LogP contribution in [-0.4, -0.2) is 0 Å². The molecule has 0 saturated carbocycles. The Hall–Kier alpha value is -4.13. The fourth-order valence-corrected chi connectivity index (χ4v) is 5.48. The van der Waals surface area contributed by atoms with E-state index in [1.54, 1.807) is 0 Å². The van der Waals surface area contributed by atoms with Gasteiger partial charge in [-0.2, -0.15) is 0 Å². The van der Waals surface area contributed by atoms with Gasteiger partial charge < -0.3 is 0 Å². The molecule has 0 fully saturated rings. The third-order valence-electron chi connectivity index (χ3n) is 6.86. The minimum atomic E-state index is 0.0532. The normalized spacial score (nSPS) is 13.9. The summed E-state index contributed by atoms with van der Waals surface area (Å²) in [5, 5.41) is 0.749. The first-order valence-corrected chi connectivity index (χ1v) is 12.6. The van der Waals surface area contributed by atoms with E-state index in [0.29, 0.717) is 0 Å². The van der Waals surface area contributed by atoms with Crippen molar-refractivity contribution in [2.45, 2.75) is 5.92 Å². The first-order chi connectivity index (χ1) is 17.8. The molecule has 6 rings (SSSR count). The van der Waals surface area contributed by atoms with E-state index in [-0.39, 0.29) is 5.92 Å². The summed E-state index contributed by atoms with van der Waals surface area (Å²) in [4.78, 5) is 0. The zero-order valence-electron chi connectivity index (χ0n) is 19.8. The number of benzene rings is 5. The highest BCUT2D eigenvalue weighted by Crippen LogP contribution is 2.58. The molecule has 0 unspecified atom stereocenters. The van der Waals surface area contributed by atoms with E-state index in [4.69, 9.17) is 11.6 Å². The lowest BCUT2D eigenvalue weighted by Gasteiger charge is -2.22. The van der Waals surface area contributed by atoms with Gasteiger partial charge in [0.15, 0.2) is 0 Å². The molecular weight excluding hydrogens is 456 g/mol. The Bertz CT molecular complexity index is 1430. The molecule has 5 aromatic carbocycles. The largest absolute Gasteiger partial charge is 0.0843 e. The van der Waals surface area contributed by atoms with Gasteiger partial charge in [0.1, 0.15) is 0 Å². The van der Waals surface area contributed by atoms with Crippen molar-refractivity contribution in [3.05, 3.63) is 178 Å². The van der Waals surface area contributed by atoms with Crippen LogP contribution in [0.2, 0.25) is 5.02 Å². The molecule has 0 spiro atoms. The monoisotopic (exact) mass is 480 g/mol. The lowest BCUT2D eigenvalue weighted by molar-refractivity contribution is 1.14. The smallest absolute Gasteiger partial charge is 0.0406 e. The molecule has 1 aliphatic rings. The summed E-state index contributed by atoms with van der Waals surface area (Å²) >= 11 is 6.35. The molecular formula is C35H25Cl. The Kier molecular flexibility index (Phi) is 6.11. The van der Waals surface area contributed by atoms with Crippen LogP contribution in [-0.2, 0) is 0 Å². The van der Waals surface area contributed by atoms with Crippen LogP contribution in [0.25, 0.3) is 22.3 Å². The van der Waals surface area contributed by atoms with Gasteiger partial charge in [0.2, 0.25) is 0 Å². The van der Waals surface area contributed by atoms with Gasteiger partial charge in [0, 0.05) is 10.9 Å². The molecule has 0 atom stereocenters. The number of hydrogen-bond acceptors (Lipinski definition) is 0. The summed E-state index contributed by atoms with van der Waals surface area (Å²) in [6, 6.07) is 51.6. The van der Waals surface area contributed by atoms with Crippen LogP contribution in [0.4, 0.5) is 0 Å². The van der Waals surface area contributed by atoms with Crippen LogP contribution in [0.15, 0.2) is 146 Å². The molecule has 1 heteroatoms. The maximum absolute atomic E-state index is 6.35. The van der Waals surface area contributed by atoms with Gasteiger partial charge in [0.05, 0.1) is 0 Å². The van der Waals surface area contributed by atoms with E-state index in [0.717, 1.165) is 5.02 Å². The van der Waals surface area contributed by atoms with Crippen molar-refractivity contribution in [3.63, 3.8) is 0 Å². The molecule has 0 aliphatic heterocycles. The molecule has 0 aromatic heterocycles. The van der Waals surface area contributed by atoms with Gasteiger partial charge in [-0.25, -0.2) is 0 Å². The summed E-state index contributed by atoms with van der Waals surface area (Å²) in [5.41, 5.74) is 11.4. The third kappa shape index (κ3) is 4.11. The lowest BCUT2D eigenvalue weighted by atomic mass is 9.81. The van der Waals surface area contributed by atoms with E-state index in [2.05, 4.69) is 133 Å². The van der Waals surface area contributed by atoms with Gasteiger partial charge in [-0.1, -0.05) is 145 Å². The summed E-state index contributed by atoms with van der Waals surface area (Å²) in [7, 11) is 0. The molecule has 172 valence electrons. The van der Waals surface area contributed by atoms with Gasteiger partial charge in [0.25, 0.3) is 0 Å². The maximum atomic E-state index is 6.35. The number of rotatable bonds is 5. The summed E-state index contributed by atoms with van der Waals surface area (Å²) in [6.45, 7) is 0. The summed E-state index contributed by atoms with van der Waals surface area (Å²) in [5.74, 6) is 0.0532. The predicted octanol–water partition coefficient (Wildman–Crippen LogP) is 9.66. The standard InChI is InChI=1S/C35H25Cl/c36-30-23-21-29(22-24-30)35-33(27-17-9-3-10-18-27)31(25-13-5-1-6-14-25)32(26-15-7-2-8-16-26)34(35)28-19-11-4-12-20-28/h1-24,35H. The molecule has 0 amide bonds. The van der Waals surface area contributed by atoms with E-state index in [1.165, 1.54) is 50.1 Å². The number of hydrogen-bond donors (Lipinski definition) is 0.